The van der Waals surface area contributed by atoms with Gasteiger partial charge in [-0.1, -0.05) is 6.07 Å². The highest BCUT2D eigenvalue weighted by atomic mass is 19.1. The monoisotopic (exact) mass is 248 g/mol. The largest absolute Gasteiger partial charge is 0.370 e. The van der Waals surface area contributed by atoms with Gasteiger partial charge in [-0.2, -0.15) is 0 Å². The van der Waals surface area contributed by atoms with Crippen molar-refractivity contribution in [3.05, 3.63) is 24.0 Å². The third kappa shape index (κ3) is 2.18. The van der Waals surface area contributed by atoms with E-state index in [0.717, 1.165) is 37.6 Å². The molecule has 2 saturated heterocycles. The van der Waals surface area contributed by atoms with Crippen LogP contribution >= 0.6 is 0 Å². The number of piperidine rings is 1. The van der Waals surface area contributed by atoms with Crippen LogP contribution in [-0.4, -0.2) is 26.2 Å². The van der Waals surface area contributed by atoms with Crippen molar-refractivity contribution in [2.75, 3.05) is 36.0 Å². The second-order valence-corrected chi connectivity index (χ2v) is 5.35. The average Bonchev–Trinajstić information content (AvgIpc) is 2.93. The Kier molecular flexibility index (Phi) is 3.39. The van der Waals surface area contributed by atoms with Crippen LogP contribution in [0.3, 0.4) is 0 Å². The smallest absolute Gasteiger partial charge is 0.148 e. The van der Waals surface area contributed by atoms with Gasteiger partial charge in [0, 0.05) is 26.2 Å². The van der Waals surface area contributed by atoms with E-state index in [1.54, 1.807) is 6.07 Å². The molecule has 1 aromatic rings. The molecular formula is C15H21FN2. The summed E-state index contributed by atoms with van der Waals surface area (Å²) in [5.41, 5.74) is 1.95. The van der Waals surface area contributed by atoms with E-state index in [0.29, 0.717) is 0 Å². The van der Waals surface area contributed by atoms with Crippen LogP contribution in [-0.2, 0) is 0 Å². The van der Waals surface area contributed by atoms with Crippen molar-refractivity contribution in [2.24, 2.45) is 0 Å². The second kappa shape index (κ2) is 5.17. The Morgan fingerprint density at radius 3 is 2.11 bits per heavy atom. The summed E-state index contributed by atoms with van der Waals surface area (Å²) in [5, 5.41) is 0. The first-order valence-electron chi connectivity index (χ1n) is 7.15. The van der Waals surface area contributed by atoms with Gasteiger partial charge in [-0.3, -0.25) is 0 Å². The molecule has 0 atom stereocenters. The first-order valence-corrected chi connectivity index (χ1v) is 7.15. The minimum atomic E-state index is -0.0544. The fraction of sp³-hybridized carbons (Fsp3) is 0.600. The summed E-state index contributed by atoms with van der Waals surface area (Å²) in [6, 6.07) is 5.53. The summed E-state index contributed by atoms with van der Waals surface area (Å²) in [4.78, 5) is 4.58. The molecule has 2 aliphatic rings. The second-order valence-electron chi connectivity index (χ2n) is 5.35. The maximum atomic E-state index is 14.2. The molecular weight excluding hydrogens is 227 g/mol. The summed E-state index contributed by atoms with van der Waals surface area (Å²) in [5.74, 6) is -0.0544. The molecule has 2 heterocycles. The molecule has 2 nitrogen and oxygen atoms in total. The van der Waals surface area contributed by atoms with Crippen LogP contribution in [0, 0.1) is 5.82 Å². The summed E-state index contributed by atoms with van der Waals surface area (Å²) < 4.78 is 14.2. The summed E-state index contributed by atoms with van der Waals surface area (Å²) in [6.07, 6.45) is 6.12. The van der Waals surface area contributed by atoms with Crippen molar-refractivity contribution in [1.29, 1.82) is 0 Å². The Morgan fingerprint density at radius 1 is 0.778 bits per heavy atom. The Bertz CT molecular complexity index is 407. The number of nitrogens with zero attached hydrogens (tertiary/aromatic N) is 2. The van der Waals surface area contributed by atoms with Crippen LogP contribution in [0.1, 0.15) is 32.1 Å². The maximum Gasteiger partial charge on any atom is 0.148 e. The standard InChI is InChI=1S/C15H21FN2/c16-13-7-6-8-14(17-9-4-5-10-17)15(13)18-11-2-1-3-12-18/h6-8H,1-5,9-12H2. The number of hydrogen-bond acceptors (Lipinski definition) is 2. The Hall–Kier alpha value is -1.25. The van der Waals surface area contributed by atoms with Gasteiger partial charge in [0.05, 0.1) is 11.4 Å². The van der Waals surface area contributed by atoms with E-state index >= 15 is 0 Å². The van der Waals surface area contributed by atoms with Crippen molar-refractivity contribution < 1.29 is 4.39 Å². The molecule has 3 rings (SSSR count). The summed E-state index contributed by atoms with van der Waals surface area (Å²) in [6.45, 7) is 4.15. The predicted molar refractivity (Wildman–Crippen MR) is 73.9 cm³/mol. The van der Waals surface area contributed by atoms with Gasteiger partial charge in [-0.25, -0.2) is 4.39 Å². The molecule has 0 radical (unpaired) electrons. The van der Waals surface area contributed by atoms with Crippen molar-refractivity contribution >= 4 is 11.4 Å². The molecule has 18 heavy (non-hydrogen) atoms. The van der Waals surface area contributed by atoms with Gasteiger partial charge in [0.2, 0.25) is 0 Å². The minimum Gasteiger partial charge on any atom is -0.370 e. The lowest BCUT2D eigenvalue weighted by Crippen LogP contribution is -2.32. The van der Waals surface area contributed by atoms with E-state index in [-0.39, 0.29) is 5.82 Å². The highest BCUT2D eigenvalue weighted by molar-refractivity contribution is 5.72. The molecule has 0 aliphatic carbocycles. The number of halogens is 1. The number of rotatable bonds is 2. The number of benzene rings is 1. The highest BCUT2D eigenvalue weighted by Crippen LogP contribution is 2.35. The van der Waals surface area contributed by atoms with Crippen LogP contribution in [0.4, 0.5) is 15.8 Å². The fourth-order valence-electron chi connectivity index (χ4n) is 3.15. The Morgan fingerprint density at radius 2 is 1.39 bits per heavy atom. The van der Waals surface area contributed by atoms with E-state index in [1.165, 1.54) is 32.1 Å². The molecule has 3 heteroatoms. The maximum absolute atomic E-state index is 14.2. The molecule has 0 spiro atoms. The highest BCUT2D eigenvalue weighted by Gasteiger charge is 2.23. The molecule has 98 valence electrons. The zero-order valence-electron chi connectivity index (χ0n) is 10.9. The molecule has 0 N–H and O–H groups in total. The zero-order valence-corrected chi connectivity index (χ0v) is 10.9. The lowest BCUT2D eigenvalue weighted by atomic mass is 10.1. The Balaban J connectivity index is 1.94. The van der Waals surface area contributed by atoms with Crippen molar-refractivity contribution in [1.82, 2.24) is 0 Å². The topological polar surface area (TPSA) is 6.48 Å². The quantitative estimate of drug-likeness (QED) is 0.791. The predicted octanol–water partition coefficient (Wildman–Crippen LogP) is 3.42. The lowest BCUT2D eigenvalue weighted by molar-refractivity contribution is 0.556. The molecule has 1 aromatic carbocycles. The fourth-order valence-corrected chi connectivity index (χ4v) is 3.15. The van der Waals surface area contributed by atoms with Crippen molar-refractivity contribution in [3.8, 4) is 0 Å². The van der Waals surface area contributed by atoms with Crippen LogP contribution in [0.5, 0.6) is 0 Å². The average molecular weight is 248 g/mol. The summed E-state index contributed by atoms with van der Waals surface area (Å²) >= 11 is 0. The minimum absolute atomic E-state index is 0.0544. The first kappa shape index (κ1) is 11.8. The van der Waals surface area contributed by atoms with Crippen molar-refractivity contribution in [2.45, 2.75) is 32.1 Å². The van der Waals surface area contributed by atoms with Gasteiger partial charge in [0.25, 0.3) is 0 Å². The third-order valence-corrected chi connectivity index (χ3v) is 4.08. The van der Waals surface area contributed by atoms with E-state index in [1.807, 2.05) is 6.07 Å². The molecule has 2 aliphatic heterocycles. The molecule has 0 aromatic heterocycles. The van der Waals surface area contributed by atoms with Crippen LogP contribution in [0.2, 0.25) is 0 Å². The first-order chi connectivity index (χ1) is 8.86. The van der Waals surface area contributed by atoms with Crippen LogP contribution in [0.15, 0.2) is 18.2 Å². The number of hydrogen-bond donors (Lipinski definition) is 0. The van der Waals surface area contributed by atoms with E-state index in [4.69, 9.17) is 0 Å². The third-order valence-electron chi connectivity index (χ3n) is 4.08. The lowest BCUT2D eigenvalue weighted by Gasteiger charge is -2.33. The number of para-hydroxylation sites is 1. The SMILES string of the molecule is Fc1cccc(N2CCCC2)c1N1CCCCC1. The van der Waals surface area contributed by atoms with Gasteiger partial charge >= 0.3 is 0 Å². The molecule has 0 bridgehead atoms. The normalized spacial score (nSPS) is 20.5. The van der Waals surface area contributed by atoms with Gasteiger partial charge < -0.3 is 9.80 Å². The molecule has 2 fully saturated rings. The molecule has 0 unspecified atom stereocenters. The molecule has 0 amide bonds. The zero-order chi connectivity index (χ0) is 12.4. The number of anilines is 2. The van der Waals surface area contributed by atoms with E-state index < -0.39 is 0 Å². The van der Waals surface area contributed by atoms with Gasteiger partial charge in [0.15, 0.2) is 0 Å². The van der Waals surface area contributed by atoms with Gasteiger partial charge in [-0.05, 0) is 44.2 Å². The van der Waals surface area contributed by atoms with Crippen LogP contribution in [0.25, 0.3) is 0 Å². The van der Waals surface area contributed by atoms with Gasteiger partial charge in [-0.15, -0.1) is 0 Å². The van der Waals surface area contributed by atoms with Gasteiger partial charge in [0.1, 0.15) is 5.82 Å². The van der Waals surface area contributed by atoms with E-state index in [2.05, 4.69) is 15.9 Å². The summed E-state index contributed by atoms with van der Waals surface area (Å²) in [7, 11) is 0. The van der Waals surface area contributed by atoms with Crippen LogP contribution < -0.4 is 9.80 Å². The Labute approximate surface area is 108 Å². The molecule has 0 saturated carbocycles. The van der Waals surface area contributed by atoms with E-state index in [9.17, 15) is 4.39 Å². The van der Waals surface area contributed by atoms with Crippen molar-refractivity contribution in [3.63, 3.8) is 0 Å².